The van der Waals surface area contributed by atoms with E-state index < -0.39 is 0 Å². The molecule has 5 heteroatoms. The number of hydrazine groups is 1. The molecular formula is C13H21N3O2. The van der Waals surface area contributed by atoms with Crippen LogP contribution in [0.3, 0.4) is 0 Å². The number of likely N-dealkylation sites (tertiary alicyclic amines) is 1. The Morgan fingerprint density at radius 2 is 2.17 bits per heavy atom. The van der Waals surface area contributed by atoms with Crippen LogP contribution in [0.15, 0.2) is 16.7 Å². The third kappa shape index (κ3) is 2.57. The van der Waals surface area contributed by atoms with E-state index in [9.17, 15) is 4.79 Å². The first-order valence-electron chi connectivity index (χ1n) is 6.46. The average Bonchev–Trinajstić information content (AvgIpc) is 2.81. The molecule has 1 amide bonds. The number of hydrogen-bond donors (Lipinski definition) is 2. The van der Waals surface area contributed by atoms with Gasteiger partial charge in [-0.25, -0.2) is 5.84 Å². The first-order chi connectivity index (χ1) is 8.63. The Morgan fingerprint density at radius 1 is 1.50 bits per heavy atom. The summed E-state index contributed by atoms with van der Waals surface area (Å²) < 4.78 is 5.43. The van der Waals surface area contributed by atoms with Gasteiger partial charge in [-0.15, -0.1) is 0 Å². The quantitative estimate of drug-likeness (QED) is 0.487. The fraction of sp³-hybridized carbons (Fsp3) is 0.615. The summed E-state index contributed by atoms with van der Waals surface area (Å²) in [5.41, 5.74) is 2.68. The van der Waals surface area contributed by atoms with Crippen LogP contribution in [0.5, 0.6) is 0 Å². The van der Waals surface area contributed by atoms with E-state index in [0.717, 1.165) is 0 Å². The zero-order valence-electron chi connectivity index (χ0n) is 11.0. The summed E-state index contributed by atoms with van der Waals surface area (Å²) in [6.07, 6.45) is 5.21. The molecule has 0 radical (unpaired) electrons. The van der Waals surface area contributed by atoms with Crippen molar-refractivity contribution in [2.45, 2.75) is 51.7 Å². The maximum atomic E-state index is 11.6. The van der Waals surface area contributed by atoms with Crippen LogP contribution < -0.4 is 11.3 Å². The topological polar surface area (TPSA) is 71.5 Å². The molecule has 2 rings (SSSR count). The van der Waals surface area contributed by atoms with Gasteiger partial charge in [0.2, 0.25) is 0 Å². The van der Waals surface area contributed by atoms with E-state index in [1.165, 1.54) is 19.3 Å². The van der Waals surface area contributed by atoms with Gasteiger partial charge in [-0.3, -0.25) is 15.1 Å². The van der Waals surface area contributed by atoms with Gasteiger partial charge in [0.1, 0.15) is 5.76 Å². The summed E-state index contributed by atoms with van der Waals surface area (Å²) in [5.74, 6) is 5.56. The van der Waals surface area contributed by atoms with Crippen molar-refractivity contribution in [3.05, 3.63) is 23.7 Å². The monoisotopic (exact) mass is 251 g/mol. The Kier molecular flexibility index (Phi) is 4.04. The molecule has 1 saturated heterocycles. The third-order valence-corrected chi connectivity index (χ3v) is 3.82. The summed E-state index contributed by atoms with van der Waals surface area (Å²) >= 11 is 0. The summed E-state index contributed by atoms with van der Waals surface area (Å²) in [7, 11) is 0. The maximum Gasteiger partial charge on any atom is 0.268 e. The first kappa shape index (κ1) is 13.1. The van der Waals surface area contributed by atoms with Gasteiger partial charge < -0.3 is 4.42 Å². The Morgan fingerprint density at radius 3 is 2.78 bits per heavy atom. The van der Waals surface area contributed by atoms with E-state index in [4.69, 9.17) is 10.3 Å². The smallest absolute Gasteiger partial charge is 0.268 e. The predicted molar refractivity (Wildman–Crippen MR) is 68.7 cm³/mol. The van der Waals surface area contributed by atoms with Gasteiger partial charge in [-0.2, -0.15) is 0 Å². The van der Waals surface area contributed by atoms with Crippen molar-refractivity contribution in [3.8, 4) is 0 Å². The number of carbonyl (C=O) groups is 1. The summed E-state index contributed by atoms with van der Waals surface area (Å²) in [5, 5.41) is 0. The van der Waals surface area contributed by atoms with Crippen molar-refractivity contribution >= 4 is 5.91 Å². The molecule has 3 N–H and O–H groups in total. The molecule has 2 atom stereocenters. The van der Waals surface area contributed by atoms with E-state index in [0.29, 0.717) is 30.0 Å². The van der Waals surface area contributed by atoms with Crippen LogP contribution in [0.25, 0.3) is 0 Å². The molecule has 100 valence electrons. The van der Waals surface area contributed by atoms with Crippen LogP contribution in [0.1, 0.15) is 49.2 Å². The minimum atomic E-state index is -0.295. The second kappa shape index (κ2) is 5.54. The Labute approximate surface area is 107 Å². The fourth-order valence-corrected chi connectivity index (χ4v) is 2.70. The third-order valence-electron chi connectivity index (χ3n) is 3.82. The molecule has 0 spiro atoms. The highest BCUT2D eigenvalue weighted by Gasteiger charge is 2.27. The minimum absolute atomic E-state index is 0.295. The van der Waals surface area contributed by atoms with Crippen LogP contribution in [-0.4, -0.2) is 22.9 Å². The lowest BCUT2D eigenvalue weighted by atomic mass is 9.97. The van der Waals surface area contributed by atoms with Gasteiger partial charge >= 0.3 is 0 Å². The van der Waals surface area contributed by atoms with Crippen molar-refractivity contribution in [1.82, 2.24) is 10.3 Å². The highest BCUT2D eigenvalue weighted by atomic mass is 16.3. The number of nitrogen functional groups attached to an aromatic ring is 1. The van der Waals surface area contributed by atoms with Crippen LogP contribution in [-0.2, 0) is 6.54 Å². The molecule has 1 aliphatic heterocycles. The number of piperidine rings is 1. The second-order valence-corrected chi connectivity index (χ2v) is 5.03. The normalized spacial score (nSPS) is 25.1. The lowest BCUT2D eigenvalue weighted by molar-refractivity contribution is 0.0844. The molecule has 1 fully saturated rings. The Balaban J connectivity index is 2.13. The van der Waals surface area contributed by atoms with Crippen molar-refractivity contribution in [2.24, 2.45) is 5.84 Å². The molecule has 0 unspecified atom stereocenters. The number of rotatable bonds is 3. The molecule has 0 bridgehead atoms. The Bertz CT molecular complexity index is 406. The molecule has 5 nitrogen and oxygen atoms in total. The van der Waals surface area contributed by atoms with Gasteiger partial charge in [-0.05, 0) is 32.8 Å². The lowest BCUT2D eigenvalue weighted by Crippen LogP contribution is -2.43. The van der Waals surface area contributed by atoms with E-state index in [1.807, 2.05) is 0 Å². The average molecular weight is 251 g/mol. The van der Waals surface area contributed by atoms with Gasteiger partial charge in [0.25, 0.3) is 5.91 Å². The molecule has 2 heterocycles. The number of nitrogens with one attached hydrogen (secondary N) is 1. The summed E-state index contributed by atoms with van der Waals surface area (Å²) in [4.78, 5) is 14.0. The van der Waals surface area contributed by atoms with Crippen LogP contribution in [0, 0.1) is 0 Å². The van der Waals surface area contributed by atoms with Crippen molar-refractivity contribution in [2.75, 3.05) is 0 Å². The molecular weight excluding hydrogens is 230 g/mol. The van der Waals surface area contributed by atoms with Crippen LogP contribution in [0.4, 0.5) is 0 Å². The number of furan rings is 1. The first-order valence-corrected chi connectivity index (χ1v) is 6.46. The van der Waals surface area contributed by atoms with E-state index in [-0.39, 0.29) is 5.91 Å². The number of nitrogens with two attached hydrogens (primary N) is 1. The maximum absolute atomic E-state index is 11.6. The summed E-state index contributed by atoms with van der Waals surface area (Å²) in [6.45, 7) is 5.11. The summed E-state index contributed by atoms with van der Waals surface area (Å²) in [6, 6.07) is 2.71. The molecule has 1 aliphatic rings. The number of nitrogens with zero attached hydrogens (tertiary/aromatic N) is 1. The van der Waals surface area contributed by atoms with Crippen molar-refractivity contribution in [1.29, 1.82) is 0 Å². The minimum Gasteiger partial charge on any atom is -0.467 e. The van der Waals surface area contributed by atoms with Gasteiger partial charge in [-0.1, -0.05) is 6.42 Å². The van der Waals surface area contributed by atoms with E-state index in [1.54, 1.807) is 12.3 Å². The van der Waals surface area contributed by atoms with E-state index in [2.05, 4.69) is 24.2 Å². The standard InChI is InChI=1S/C13H21N3O2/c1-9-4-3-5-10(2)16(9)8-12-11(6-7-18-12)13(17)15-14/h6-7,9-10H,3-5,8,14H2,1-2H3,(H,15,17)/t9-,10+. The molecule has 0 aromatic carbocycles. The predicted octanol–water partition coefficient (Wildman–Crippen LogP) is 1.65. The van der Waals surface area contributed by atoms with Gasteiger partial charge in [0, 0.05) is 12.1 Å². The van der Waals surface area contributed by atoms with Crippen molar-refractivity contribution in [3.63, 3.8) is 0 Å². The van der Waals surface area contributed by atoms with Crippen LogP contribution in [0.2, 0.25) is 0 Å². The molecule has 1 aromatic heterocycles. The number of carbonyl (C=O) groups excluding carboxylic acids is 1. The lowest BCUT2D eigenvalue weighted by Gasteiger charge is -2.38. The number of amides is 1. The van der Waals surface area contributed by atoms with Crippen molar-refractivity contribution < 1.29 is 9.21 Å². The molecule has 18 heavy (non-hydrogen) atoms. The fourth-order valence-electron chi connectivity index (χ4n) is 2.70. The van der Waals surface area contributed by atoms with Gasteiger partial charge in [0.15, 0.2) is 0 Å². The zero-order valence-corrected chi connectivity index (χ0v) is 11.0. The molecule has 0 aliphatic carbocycles. The number of hydrogen-bond acceptors (Lipinski definition) is 4. The Hall–Kier alpha value is -1.33. The van der Waals surface area contributed by atoms with Gasteiger partial charge in [0.05, 0.1) is 18.4 Å². The highest BCUT2D eigenvalue weighted by Crippen LogP contribution is 2.25. The van der Waals surface area contributed by atoms with E-state index >= 15 is 0 Å². The second-order valence-electron chi connectivity index (χ2n) is 5.03. The van der Waals surface area contributed by atoms with Crippen LogP contribution >= 0.6 is 0 Å². The highest BCUT2D eigenvalue weighted by molar-refractivity contribution is 5.94. The molecule has 0 saturated carbocycles. The zero-order chi connectivity index (χ0) is 13.1. The largest absolute Gasteiger partial charge is 0.467 e. The SMILES string of the molecule is C[C@@H]1CCC[C@H](C)N1Cc1occc1C(=O)NN. The molecule has 1 aromatic rings.